The number of carbonyl (C=O) groups is 2. The summed E-state index contributed by atoms with van der Waals surface area (Å²) in [5.41, 5.74) is 2.82. The predicted molar refractivity (Wildman–Crippen MR) is 137 cm³/mol. The number of nitrogens with zero attached hydrogens (tertiary/aromatic N) is 3. The maximum Gasteiger partial charge on any atom is 0.290 e. The van der Waals surface area contributed by atoms with Crippen molar-refractivity contribution >= 4 is 23.5 Å². The fourth-order valence-corrected chi connectivity index (χ4v) is 4.55. The van der Waals surface area contributed by atoms with Gasteiger partial charge in [-0.05, 0) is 35.8 Å². The van der Waals surface area contributed by atoms with E-state index in [-0.39, 0.29) is 11.4 Å². The molecule has 0 spiro atoms. The molecule has 0 radical (unpaired) electrons. The van der Waals surface area contributed by atoms with Crippen LogP contribution in [0.5, 0.6) is 0 Å². The summed E-state index contributed by atoms with van der Waals surface area (Å²) in [6.45, 7) is 4.47. The molecule has 0 aromatic heterocycles. The molecule has 1 N–H and O–H groups in total. The zero-order valence-corrected chi connectivity index (χ0v) is 20.4. The van der Waals surface area contributed by atoms with Crippen LogP contribution in [-0.2, 0) is 14.3 Å². The number of aliphatic hydroxyl groups excluding tert-OH is 1. The van der Waals surface area contributed by atoms with Crippen molar-refractivity contribution in [3.8, 4) is 0 Å². The summed E-state index contributed by atoms with van der Waals surface area (Å²) >= 11 is 0. The molecule has 2 heterocycles. The summed E-state index contributed by atoms with van der Waals surface area (Å²) < 4.78 is 5.41. The van der Waals surface area contributed by atoms with Crippen molar-refractivity contribution in [3.05, 3.63) is 83.1 Å². The Labute approximate surface area is 206 Å². The molecule has 1 atom stereocenters. The summed E-state index contributed by atoms with van der Waals surface area (Å²) in [6.07, 6.45) is 3.89. The van der Waals surface area contributed by atoms with Gasteiger partial charge in [0.15, 0.2) is 11.5 Å². The maximum atomic E-state index is 13.3. The second kappa shape index (κ2) is 11.3. The Morgan fingerprint density at radius 2 is 1.74 bits per heavy atom. The molecular weight excluding hydrogens is 442 g/mol. The van der Waals surface area contributed by atoms with Gasteiger partial charge in [0.2, 0.25) is 0 Å². The Balaban J connectivity index is 1.58. The number of rotatable bonds is 9. The van der Waals surface area contributed by atoms with E-state index in [9.17, 15) is 14.7 Å². The summed E-state index contributed by atoms with van der Waals surface area (Å²) in [5, 5.41) is 10.8. The van der Waals surface area contributed by atoms with E-state index < -0.39 is 17.7 Å². The van der Waals surface area contributed by atoms with Crippen LogP contribution in [0.4, 0.5) is 5.69 Å². The summed E-state index contributed by atoms with van der Waals surface area (Å²) in [5.74, 6) is -1.32. The van der Waals surface area contributed by atoms with Gasteiger partial charge < -0.3 is 19.6 Å². The fourth-order valence-electron chi connectivity index (χ4n) is 4.55. The molecule has 1 saturated heterocycles. The van der Waals surface area contributed by atoms with Crippen molar-refractivity contribution in [2.24, 2.45) is 0 Å². The number of aliphatic hydroxyl groups is 1. The van der Waals surface area contributed by atoms with E-state index in [0.717, 1.165) is 56.1 Å². The molecule has 0 bridgehead atoms. The largest absolute Gasteiger partial charge is 0.503 e. The molecule has 4 rings (SSSR count). The van der Waals surface area contributed by atoms with E-state index in [1.54, 1.807) is 11.0 Å². The van der Waals surface area contributed by atoms with Gasteiger partial charge in [0.05, 0.1) is 24.8 Å². The lowest BCUT2D eigenvalue weighted by atomic mass is 9.95. The first kappa shape index (κ1) is 24.7. The molecule has 2 aliphatic rings. The van der Waals surface area contributed by atoms with Gasteiger partial charge in [-0.25, -0.2) is 0 Å². The van der Waals surface area contributed by atoms with Crippen LogP contribution in [0, 0.1) is 0 Å². The van der Waals surface area contributed by atoms with Crippen LogP contribution in [0.25, 0.3) is 6.08 Å². The molecule has 0 unspecified atom stereocenters. The van der Waals surface area contributed by atoms with Crippen LogP contribution in [0.15, 0.2) is 72.0 Å². The Hall–Kier alpha value is -3.42. The lowest BCUT2D eigenvalue weighted by molar-refractivity contribution is -0.129. The van der Waals surface area contributed by atoms with Gasteiger partial charge in [0, 0.05) is 46.0 Å². The zero-order valence-electron chi connectivity index (χ0n) is 20.4. The first-order chi connectivity index (χ1) is 17.0. The minimum atomic E-state index is -0.628. The number of ketones is 1. The van der Waals surface area contributed by atoms with Crippen LogP contribution >= 0.6 is 0 Å². The number of amides is 1. The molecule has 2 aromatic rings. The number of allylic oxidation sites excluding steroid dienone is 1. The molecule has 7 nitrogen and oxygen atoms in total. The van der Waals surface area contributed by atoms with Crippen LogP contribution in [0.1, 0.15) is 23.6 Å². The maximum absolute atomic E-state index is 13.3. The lowest BCUT2D eigenvalue weighted by Crippen LogP contribution is -2.39. The third-order valence-corrected chi connectivity index (χ3v) is 6.50. The number of hydrogen-bond acceptors (Lipinski definition) is 6. The van der Waals surface area contributed by atoms with Crippen molar-refractivity contribution in [2.75, 3.05) is 58.4 Å². The van der Waals surface area contributed by atoms with Crippen LogP contribution in [0.3, 0.4) is 0 Å². The molecule has 0 saturated carbocycles. The van der Waals surface area contributed by atoms with E-state index in [1.807, 2.05) is 73.6 Å². The highest BCUT2D eigenvalue weighted by Crippen LogP contribution is 2.38. The topological polar surface area (TPSA) is 73.3 Å². The minimum Gasteiger partial charge on any atom is -0.503 e. The second-order valence-electron chi connectivity index (χ2n) is 9.07. The highest BCUT2D eigenvalue weighted by Gasteiger charge is 2.42. The quantitative estimate of drug-likeness (QED) is 0.560. The van der Waals surface area contributed by atoms with Gasteiger partial charge in [-0.2, -0.15) is 0 Å². The molecule has 0 aliphatic carbocycles. The summed E-state index contributed by atoms with van der Waals surface area (Å²) in [4.78, 5) is 32.4. The molecule has 35 heavy (non-hydrogen) atoms. The van der Waals surface area contributed by atoms with Gasteiger partial charge >= 0.3 is 0 Å². The highest BCUT2D eigenvalue weighted by atomic mass is 16.5. The first-order valence-electron chi connectivity index (χ1n) is 12.0. The molecule has 2 aromatic carbocycles. The average Bonchev–Trinajstić information content (AvgIpc) is 3.13. The van der Waals surface area contributed by atoms with Gasteiger partial charge in [0.25, 0.3) is 5.91 Å². The van der Waals surface area contributed by atoms with E-state index in [4.69, 9.17) is 4.74 Å². The molecule has 1 fully saturated rings. The second-order valence-corrected chi connectivity index (χ2v) is 9.07. The van der Waals surface area contributed by atoms with E-state index >= 15 is 0 Å². The minimum absolute atomic E-state index is 0.131. The Kier molecular flexibility index (Phi) is 8.00. The number of carbonyl (C=O) groups excluding carboxylic acids is 2. The SMILES string of the molecule is CN(C)c1ccc([C@H]2C(C(=O)/C=C/c3ccccc3)=C(O)C(=O)N2CCCN2CCOCC2)cc1. The predicted octanol–water partition coefficient (Wildman–Crippen LogP) is 3.45. The third kappa shape index (κ3) is 5.81. The van der Waals surface area contributed by atoms with E-state index in [2.05, 4.69) is 4.90 Å². The van der Waals surface area contributed by atoms with Crippen LogP contribution in [0.2, 0.25) is 0 Å². The number of benzene rings is 2. The summed E-state index contributed by atoms with van der Waals surface area (Å²) in [6, 6.07) is 16.6. The average molecular weight is 476 g/mol. The van der Waals surface area contributed by atoms with Crippen LogP contribution in [-0.4, -0.2) is 80.1 Å². The Morgan fingerprint density at radius 1 is 1.06 bits per heavy atom. The molecular formula is C28H33N3O4. The highest BCUT2D eigenvalue weighted by molar-refractivity contribution is 6.14. The molecule has 2 aliphatic heterocycles. The third-order valence-electron chi connectivity index (χ3n) is 6.50. The number of ether oxygens (including phenoxy) is 1. The van der Waals surface area contributed by atoms with Crippen molar-refractivity contribution in [1.29, 1.82) is 0 Å². The van der Waals surface area contributed by atoms with Gasteiger partial charge in [-0.15, -0.1) is 0 Å². The number of hydrogen-bond donors (Lipinski definition) is 1. The van der Waals surface area contributed by atoms with Crippen molar-refractivity contribution in [2.45, 2.75) is 12.5 Å². The van der Waals surface area contributed by atoms with Gasteiger partial charge in [-0.3, -0.25) is 14.5 Å². The zero-order chi connectivity index (χ0) is 24.8. The standard InChI is InChI=1S/C28H33N3O4/c1-29(2)23-12-10-22(11-13-23)26-25(24(32)14-9-21-7-4-3-5-8-21)27(33)28(34)31(26)16-6-15-30-17-19-35-20-18-30/h3-5,7-14,26,33H,6,15-20H2,1-2H3/b14-9+/t26-/m0/s1. The van der Waals surface area contributed by atoms with Gasteiger partial charge in [0.1, 0.15) is 0 Å². The smallest absolute Gasteiger partial charge is 0.290 e. The Morgan fingerprint density at radius 3 is 2.40 bits per heavy atom. The molecule has 7 heteroatoms. The Bertz CT molecular complexity index is 1090. The molecule has 184 valence electrons. The lowest BCUT2D eigenvalue weighted by Gasteiger charge is -2.30. The van der Waals surface area contributed by atoms with Crippen molar-refractivity contribution < 1.29 is 19.4 Å². The fraction of sp³-hybridized carbons (Fsp3) is 0.357. The van der Waals surface area contributed by atoms with E-state index in [1.165, 1.54) is 6.08 Å². The first-order valence-corrected chi connectivity index (χ1v) is 12.0. The normalized spacial score (nSPS) is 19.1. The van der Waals surface area contributed by atoms with Gasteiger partial charge in [-0.1, -0.05) is 48.5 Å². The monoisotopic (exact) mass is 475 g/mol. The van der Waals surface area contributed by atoms with Crippen LogP contribution < -0.4 is 4.90 Å². The van der Waals surface area contributed by atoms with Crippen molar-refractivity contribution in [3.63, 3.8) is 0 Å². The molecule has 1 amide bonds. The summed E-state index contributed by atoms with van der Waals surface area (Å²) in [7, 11) is 3.92. The van der Waals surface area contributed by atoms with Crippen molar-refractivity contribution in [1.82, 2.24) is 9.80 Å². The number of morpholine rings is 1. The van der Waals surface area contributed by atoms with E-state index in [0.29, 0.717) is 6.54 Å². The number of anilines is 1.